The molecule has 1 fully saturated rings. The summed E-state index contributed by atoms with van der Waals surface area (Å²) < 4.78 is 2.15. The standard InChI is InChI=1S/C34H26N4OS/c35-22-26-13-7-8-14-27(26)23-37-24-28(30-17-9-10-18-31(30)37)21-32-33(39)38(20-19-25-11-3-1-4-12-25)34(40-32)36-29-15-5-2-6-16-29/h1-18,21,24H,19-20,23H2/b32-21+,36-34?. The van der Waals surface area contributed by atoms with E-state index in [9.17, 15) is 10.1 Å². The number of carbonyl (C=O) groups excluding carboxylic acids is 1. The number of benzene rings is 4. The Hall–Kier alpha value is -4.86. The van der Waals surface area contributed by atoms with Gasteiger partial charge in [-0.2, -0.15) is 5.26 Å². The Balaban J connectivity index is 1.36. The van der Waals surface area contributed by atoms with Crippen LogP contribution in [-0.2, 0) is 17.8 Å². The van der Waals surface area contributed by atoms with Gasteiger partial charge in [0.2, 0.25) is 0 Å². The first-order valence-corrected chi connectivity index (χ1v) is 14.0. The maximum Gasteiger partial charge on any atom is 0.266 e. The van der Waals surface area contributed by atoms with Crippen molar-refractivity contribution in [1.82, 2.24) is 9.47 Å². The molecule has 0 unspecified atom stereocenters. The van der Waals surface area contributed by atoms with Crippen LogP contribution < -0.4 is 0 Å². The van der Waals surface area contributed by atoms with Crippen LogP contribution in [0.15, 0.2) is 125 Å². The number of nitriles is 1. The van der Waals surface area contributed by atoms with Gasteiger partial charge in [-0.3, -0.25) is 9.69 Å². The van der Waals surface area contributed by atoms with Gasteiger partial charge in [0, 0.05) is 35.8 Å². The molecule has 194 valence electrons. The van der Waals surface area contributed by atoms with E-state index in [4.69, 9.17) is 4.99 Å². The van der Waals surface area contributed by atoms with Crippen LogP contribution in [0, 0.1) is 11.3 Å². The van der Waals surface area contributed by atoms with E-state index < -0.39 is 0 Å². The minimum Gasteiger partial charge on any atom is -0.342 e. The number of hydrogen-bond donors (Lipinski definition) is 0. The summed E-state index contributed by atoms with van der Waals surface area (Å²) in [6.45, 7) is 1.12. The van der Waals surface area contributed by atoms with Crippen LogP contribution in [0.3, 0.4) is 0 Å². The average Bonchev–Trinajstić information content (AvgIpc) is 3.49. The maximum atomic E-state index is 13.8. The lowest BCUT2D eigenvalue weighted by atomic mass is 10.1. The molecular formula is C34H26N4OS. The number of fused-ring (bicyclic) bond motifs is 1. The highest BCUT2D eigenvalue weighted by Crippen LogP contribution is 2.36. The van der Waals surface area contributed by atoms with E-state index in [-0.39, 0.29) is 5.91 Å². The van der Waals surface area contributed by atoms with Crippen LogP contribution in [-0.4, -0.2) is 27.1 Å². The van der Waals surface area contributed by atoms with Crippen molar-refractivity contribution < 1.29 is 4.79 Å². The quantitative estimate of drug-likeness (QED) is 0.203. The zero-order valence-electron chi connectivity index (χ0n) is 21.8. The number of amides is 1. The summed E-state index contributed by atoms with van der Waals surface area (Å²) in [5.41, 5.74) is 5.63. The lowest BCUT2D eigenvalue weighted by molar-refractivity contribution is -0.122. The SMILES string of the molecule is N#Cc1ccccc1Cn1cc(/C=C2/SC(=Nc3ccccc3)N(CCc3ccccc3)C2=O)c2ccccc21. The molecule has 1 saturated heterocycles. The van der Waals surface area contributed by atoms with E-state index in [0.29, 0.717) is 28.7 Å². The molecule has 4 aromatic carbocycles. The Morgan fingerprint density at radius 3 is 2.35 bits per heavy atom. The summed E-state index contributed by atoms with van der Waals surface area (Å²) in [5, 5.41) is 11.3. The molecule has 1 aliphatic rings. The number of nitrogens with zero attached hydrogens (tertiary/aromatic N) is 4. The van der Waals surface area contributed by atoms with Gasteiger partial charge in [0.25, 0.3) is 5.91 Å². The van der Waals surface area contributed by atoms with Gasteiger partial charge in [0.15, 0.2) is 5.17 Å². The van der Waals surface area contributed by atoms with Gasteiger partial charge in [0.05, 0.1) is 22.2 Å². The van der Waals surface area contributed by atoms with Crippen molar-refractivity contribution in [2.75, 3.05) is 6.54 Å². The predicted octanol–water partition coefficient (Wildman–Crippen LogP) is 7.41. The summed E-state index contributed by atoms with van der Waals surface area (Å²) in [5.74, 6) is -0.0396. The van der Waals surface area contributed by atoms with Gasteiger partial charge in [-0.1, -0.05) is 84.9 Å². The van der Waals surface area contributed by atoms with Crippen LogP contribution in [0.2, 0.25) is 0 Å². The molecule has 40 heavy (non-hydrogen) atoms. The van der Waals surface area contributed by atoms with E-state index >= 15 is 0 Å². The molecule has 1 aliphatic heterocycles. The third-order valence-corrected chi connectivity index (χ3v) is 7.93. The first kappa shape index (κ1) is 25.4. The predicted molar refractivity (Wildman–Crippen MR) is 163 cm³/mol. The van der Waals surface area contributed by atoms with Crippen molar-refractivity contribution >= 4 is 45.5 Å². The molecule has 1 amide bonds. The highest BCUT2D eigenvalue weighted by atomic mass is 32.2. The summed E-state index contributed by atoms with van der Waals surface area (Å²) in [4.78, 5) is 21.0. The van der Waals surface area contributed by atoms with E-state index in [1.54, 1.807) is 4.90 Å². The largest absolute Gasteiger partial charge is 0.342 e. The third-order valence-electron chi connectivity index (χ3n) is 6.92. The van der Waals surface area contributed by atoms with Gasteiger partial charge in [0.1, 0.15) is 0 Å². The molecule has 6 rings (SSSR count). The molecule has 5 aromatic rings. The van der Waals surface area contributed by atoms with Gasteiger partial charge < -0.3 is 4.57 Å². The number of hydrogen-bond acceptors (Lipinski definition) is 4. The molecule has 0 saturated carbocycles. The Bertz CT molecular complexity index is 1780. The second-order valence-corrected chi connectivity index (χ2v) is 10.5. The van der Waals surface area contributed by atoms with Crippen molar-refractivity contribution in [2.24, 2.45) is 4.99 Å². The molecule has 1 aromatic heterocycles. The minimum absolute atomic E-state index is 0.0396. The van der Waals surface area contributed by atoms with Gasteiger partial charge >= 0.3 is 0 Å². The molecule has 6 heteroatoms. The molecule has 0 N–H and O–H groups in total. The summed E-state index contributed by atoms with van der Waals surface area (Å²) in [7, 11) is 0. The summed E-state index contributed by atoms with van der Waals surface area (Å²) in [6.07, 6.45) is 4.79. The van der Waals surface area contributed by atoms with Crippen molar-refractivity contribution in [2.45, 2.75) is 13.0 Å². The molecule has 5 nitrogen and oxygen atoms in total. The smallest absolute Gasteiger partial charge is 0.266 e. The van der Waals surface area contributed by atoms with Crippen molar-refractivity contribution in [1.29, 1.82) is 5.26 Å². The number of para-hydroxylation sites is 2. The zero-order chi connectivity index (χ0) is 27.3. The fourth-order valence-electron chi connectivity index (χ4n) is 4.90. The van der Waals surface area contributed by atoms with Gasteiger partial charge in [-0.25, -0.2) is 4.99 Å². The van der Waals surface area contributed by atoms with Crippen LogP contribution in [0.4, 0.5) is 5.69 Å². The normalized spacial score (nSPS) is 15.3. The number of carbonyl (C=O) groups is 1. The lowest BCUT2D eigenvalue weighted by Crippen LogP contribution is -2.31. The second kappa shape index (κ2) is 11.5. The summed E-state index contributed by atoms with van der Waals surface area (Å²) in [6, 6.07) is 38.1. The molecule has 0 bridgehead atoms. The Morgan fingerprint density at radius 1 is 0.850 bits per heavy atom. The van der Waals surface area contributed by atoms with Crippen LogP contribution in [0.1, 0.15) is 22.3 Å². The topological polar surface area (TPSA) is 61.4 Å². The van der Waals surface area contributed by atoms with E-state index in [2.05, 4.69) is 41.1 Å². The lowest BCUT2D eigenvalue weighted by Gasteiger charge is -2.15. The first-order valence-electron chi connectivity index (χ1n) is 13.1. The highest BCUT2D eigenvalue weighted by Gasteiger charge is 2.33. The van der Waals surface area contributed by atoms with E-state index in [1.165, 1.54) is 17.3 Å². The minimum atomic E-state index is -0.0396. The molecule has 0 atom stereocenters. The maximum absolute atomic E-state index is 13.8. The number of thioether (sulfide) groups is 1. The second-order valence-electron chi connectivity index (χ2n) is 9.53. The van der Waals surface area contributed by atoms with Crippen molar-refractivity contribution in [3.05, 3.63) is 143 Å². The van der Waals surface area contributed by atoms with Gasteiger partial charge in [-0.05, 0) is 59.7 Å². The number of aliphatic imine (C=N–C) groups is 1. The molecule has 0 aliphatic carbocycles. The van der Waals surface area contributed by atoms with Crippen LogP contribution in [0.25, 0.3) is 17.0 Å². The Morgan fingerprint density at radius 2 is 1.55 bits per heavy atom. The highest BCUT2D eigenvalue weighted by molar-refractivity contribution is 8.18. The molecule has 0 radical (unpaired) electrons. The molecular weight excluding hydrogens is 512 g/mol. The van der Waals surface area contributed by atoms with Crippen molar-refractivity contribution in [3.63, 3.8) is 0 Å². The van der Waals surface area contributed by atoms with Crippen LogP contribution >= 0.6 is 11.8 Å². The fourth-order valence-corrected chi connectivity index (χ4v) is 5.92. The molecule has 2 heterocycles. The van der Waals surface area contributed by atoms with E-state index in [1.807, 2.05) is 91.0 Å². The molecule has 0 spiro atoms. The van der Waals surface area contributed by atoms with E-state index in [0.717, 1.165) is 34.1 Å². The van der Waals surface area contributed by atoms with Gasteiger partial charge in [-0.15, -0.1) is 0 Å². The number of amidine groups is 1. The van der Waals surface area contributed by atoms with Crippen molar-refractivity contribution in [3.8, 4) is 6.07 Å². The fraction of sp³-hybridized carbons (Fsp3) is 0.0882. The number of rotatable bonds is 7. The number of aromatic nitrogens is 1. The first-order chi connectivity index (χ1) is 19.7. The average molecular weight is 539 g/mol. The summed E-state index contributed by atoms with van der Waals surface area (Å²) >= 11 is 1.41. The monoisotopic (exact) mass is 538 g/mol. The Kier molecular flexibility index (Phi) is 7.30. The third kappa shape index (κ3) is 5.33. The van der Waals surface area contributed by atoms with Crippen LogP contribution in [0.5, 0.6) is 0 Å². The Labute approximate surface area is 237 Å². The zero-order valence-corrected chi connectivity index (χ0v) is 22.6.